The van der Waals surface area contributed by atoms with Gasteiger partial charge in [0.15, 0.2) is 0 Å². The van der Waals surface area contributed by atoms with Crippen molar-refractivity contribution in [2.45, 2.75) is 13.3 Å². The topological polar surface area (TPSA) is 89.3 Å². The Bertz CT molecular complexity index is 159. The molecule has 0 rings (SSSR count). The molecule has 0 aromatic rings. The van der Waals surface area contributed by atoms with Gasteiger partial charge < -0.3 is 16.6 Å². The van der Waals surface area contributed by atoms with E-state index in [1.165, 1.54) is 0 Å². The van der Waals surface area contributed by atoms with Crippen LogP contribution in [0.3, 0.4) is 0 Å². The third-order valence-corrected chi connectivity index (χ3v) is 1.14. The lowest BCUT2D eigenvalue weighted by molar-refractivity contribution is -0.114. The van der Waals surface area contributed by atoms with E-state index in [-0.39, 0.29) is 13.0 Å². The highest BCUT2D eigenvalue weighted by atomic mass is 16.3. The summed E-state index contributed by atoms with van der Waals surface area (Å²) in [5.74, 6) is -0.561. The summed E-state index contributed by atoms with van der Waals surface area (Å²) in [6, 6.07) is 0. The molecule has 10 heavy (non-hydrogen) atoms. The third-order valence-electron chi connectivity index (χ3n) is 1.14. The maximum absolute atomic E-state index is 10.5. The zero-order valence-corrected chi connectivity index (χ0v) is 5.92. The highest BCUT2D eigenvalue weighted by Gasteiger charge is 2.05. The second kappa shape index (κ2) is 3.90. The van der Waals surface area contributed by atoms with Gasteiger partial charge >= 0.3 is 0 Å². The molecule has 0 aromatic heterocycles. The number of hydrogen-bond donors (Lipinski definition) is 3. The van der Waals surface area contributed by atoms with E-state index in [0.717, 1.165) is 0 Å². The molecule has 0 saturated heterocycles. The Hall–Kier alpha value is -1.03. The van der Waals surface area contributed by atoms with Crippen LogP contribution >= 0.6 is 0 Å². The average Bonchev–Trinajstić information content (AvgIpc) is 1.81. The summed E-state index contributed by atoms with van der Waals surface area (Å²) in [7, 11) is 0. The van der Waals surface area contributed by atoms with Crippen LogP contribution in [0.25, 0.3) is 0 Å². The Morgan fingerprint density at radius 2 is 2.00 bits per heavy atom. The molecular formula is C6H12N2O2. The first-order chi connectivity index (χ1) is 4.59. The third kappa shape index (κ3) is 2.50. The zero-order chi connectivity index (χ0) is 8.15. The fourth-order valence-electron chi connectivity index (χ4n) is 0.627. The minimum Gasteiger partial charge on any atom is -0.402 e. The molecule has 4 nitrogen and oxygen atoms in total. The molecule has 0 saturated carbocycles. The van der Waals surface area contributed by atoms with Crippen LogP contribution in [-0.4, -0.2) is 17.6 Å². The minimum atomic E-state index is -0.561. The van der Waals surface area contributed by atoms with Crippen LogP contribution in [0.4, 0.5) is 0 Å². The zero-order valence-electron chi connectivity index (χ0n) is 5.92. The molecule has 5 N–H and O–H groups in total. The van der Waals surface area contributed by atoms with Gasteiger partial charge in [-0.25, -0.2) is 0 Å². The first-order valence-corrected chi connectivity index (χ1v) is 2.95. The fourth-order valence-corrected chi connectivity index (χ4v) is 0.627. The van der Waals surface area contributed by atoms with Crippen molar-refractivity contribution in [3.8, 4) is 0 Å². The second-order valence-electron chi connectivity index (χ2n) is 2.00. The molecule has 0 spiro atoms. The Kier molecular flexibility index (Phi) is 3.49. The van der Waals surface area contributed by atoms with Crippen LogP contribution in [0.15, 0.2) is 11.3 Å². The van der Waals surface area contributed by atoms with Crippen molar-refractivity contribution < 1.29 is 9.90 Å². The van der Waals surface area contributed by atoms with Crippen molar-refractivity contribution in [2.75, 3.05) is 6.61 Å². The van der Waals surface area contributed by atoms with Crippen molar-refractivity contribution >= 4 is 5.91 Å². The number of rotatable bonds is 3. The smallest absolute Gasteiger partial charge is 0.246 e. The summed E-state index contributed by atoms with van der Waals surface area (Å²) in [5.41, 5.74) is 10.9. The number of hydrogen-bond acceptors (Lipinski definition) is 3. The molecule has 0 radical (unpaired) electrons. The van der Waals surface area contributed by atoms with Crippen LogP contribution < -0.4 is 11.5 Å². The number of carbonyl (C=O) groups excluding carboxylic acids is 1. The van der Waals surface area contributed by atoms with Crippen molar-refractivity contribution in [3.05, 3.63) is 11.3 Å². The molecule has 58 valence electrons. The fraction of sp³-hybridized carbons (Fsp3) is 0.500. The maximum atomic E-state index is 10.5. The second-order valence-corrected chi connectivity index (χ2v) is 2.00. The molecular weight excluding hydrogens is 132 g/mol. The molecule has 0 fully saturated rings. The van der Waals surface area contributed by atoms with Gasteiger partial charge in [0.25, 0.3) is 0 Å². The Morgan fingerprint density at radius 1 is 1.50 bits per heavy atom. The van der Waals surface area contributed by atoms with Crippen molar-refractivity contribution in [1.29, 1.82) is 0 Å². The number of primary amides is 1. The van der Waals surface area contributed by atoms with E-state index in [0.29, 0.717) is 11.3 Å². The van der Waals surface area contributed by atoms with Gasteiger partial charge in [0.1, 0.15) is 0 Å². The molecule has 1 amide bonds. The Balaban J connectivity index is 4.28. The molecule has 0 heterocycles. The van der Waals surface area contributed by atoms with E-state index in [4.69, 9.17) is 16.6 Å². The lowest BCUT2D eigenvalue weighted by Crippen LogP contribution is -2.18. The van der Waals surface area contributed by atoms with Crippen LogP contribution in [-0.2, 0) is 4.79 Å². The number of amides is 1. The monoisotopic (exact) mass is 144 g/mol. The Morgan fingerprint density at radius 3 is 2.10 bits per heavy atom. The molecule has 0 unspecified atom stereocenters. The van der Waals surface area contributed by atoms with Gasteiger partial charge in [-0.05, 0) is 6.92 Å². The molecule has 0 aliphatic rings. The largest absolute Gasteiger partial charge is 0.402 e. The highest BCUT2D eigenvalue weighted by molar-refractivity contribution is 5.92. The van der Waals surface area contributed by atoms with Gasteiger partial charge in [-0.2, -0.15) is 0 Å². The van der Waals surface area contributed by atoms with E-state index in [1.807, 2.05) is 0 Å². The van der Waals surface area contributed by atoms with Crippen molar-refractivity contribution in [1.82, 2.24) is 0 Å². The van der Waals surface area contributed by atoms with E-state index in [1.54, 1.807) is 6.92 Å². The number of allylic oxidation sites excluding steroid dienone is 1. The molecule has 0 atom stereocenters. The van der Waals surface area contributed by atoms with E-state index in [9.17, 15) is 4.79 Å². The number of aliphatic hydroxyl groups is 1. The van der Waals surface area contributed by atoms with Gasteiger partial charge in [0.05, 0.1) is 0 Å². The van der Waals surface area contributed by atoms with E-state index in [2.05, 4.69) is 0 Å². The standard InChI is InChI=1S/C6H12N2O2/c1-4(7)5(2-3-9)6(8)10/h9H,2-3,7H2,1H3,(H2,8,10)/b5-4-. The molecule has 0 aliphatic carbocycles. The SMILES string of the molecule is C/C(N)=C(\CCO)C(N)=O. The normalized spacial score (nSPS) is 12.6. The number of aliphatic hydroxyl groups excluding tert-OH is 1. The summed E-state index contributed by atoms with van der Waals surface area (Å²) in [6.07, 6.45) is 0.234. The van der Waals surface area contributed by atoms with Gasteiger partial charge in [-0.1, -0.05) is 0 Å². The van der Waals surface area contributed by atoms with Crippen molar-refractivity contribution in [3.63, 3.8) is 0 Å². The van der Waals surface area contributed by atoms with Gasteiger partial charge in [-0.3, -0.25) is 4.79 Å². The number of carbonyl (C=O) groups is 1. The molecule has 0 aliphatic heterocycles. The quantitative estimate of drug-likeness (QED) is 0.448. The Labute approximate surface area is 59.5 Å². The lowest BCUT2D eigenvalue weighted by Gasteiger charge is -2.01. The maximum Gasteiger partial charge on any atom is 0.246 e. The molecule has 0 bridgehead atoms. The molecule has 4 heteroatoms. The van der Waals surface area contributed by atoms with Crippen LogP contribution in [0.2, 0.25) is 0 Å². The summed E-state index contributed by atoms with van der Waals surface area (Å²) in [5, 5.41) is 8.44. The highest BCUT2D eigenvalue weighted by Crippen LogP contribution is 2.01. The van der Waals surface area contributed by atoms with E-state index >= 15 is 0 Å². The average molecular weight is 144 g/mol. The summed E-state index contributed by atoms with van der Waals surface area (Å²) >= 11 is 0. The van der Waals surface area contributed by atoms with Crippen molar-refractivity contribution in [2.24, 2.45) is 11.5 Å². The van der Waals surface area contributed by atoms with E-state index < -0.39 is 5.91 Å². The van der Waals surface area contributed by atoms with Crippen LogP contribution in [0, 0.1) is 0 Å². The van der Waals surface area contributed by atoms with Crippen LogP contribution in [0.5, 0.6) is 0 Å². The summed E-state index contributed by atoms with van der Waals surface area (Å²) in [6.45, 7) is 1.47. The minimum absolute atomic E-state index is 0.104. The van der Waals surface area contributed by atoms with Gasteiger partial charge in [-0.15, -0.1) is 0 Å². The predicted octanol–water partition coefficient (Wildman–Crippen LogP) is -0.913. The summed E-state index contributed by atoms with van der Waals surface area (Å²) < 4.78 is 0. The molecule has 0 aromatic carbocycles. The van der Waals surface area contributed by atoms with Gasteiger partial charge in [0.2, 0.25) is 5.91 Å². The first-order valence-electron chi connectivity index (χ1n) is 2.95. The lowest BCUT2D eigenvalue weighted by atomic mass is 10.1. The van der Waals surface area contributed by atoms with Gasteiger partial charge in [0, 0.05) is 24.3 Å². The van der Waals surface area contributed by atoms with Crippen LogP contribution in [0.1, 0.15) is 13.3 Å². The first kappa shape index (κ1) is 8.97. The number of nitrogens with two attached hydrogens (primary N) is 2. The summed E-state index contributed by atoms with van der Waals surface area (Å²) in [4.78, 5) is 10.5. The predicted molar refractivity (Wildman–Crippen MR) is 37.8 cm³/mol.